The van der Waals surface area contributed by atoms with Gasteiger partial charge in [0.1, 0.15) is 11.5 Å². The molecular weight excluding hydrogens is 230 g/mol. The van der Waals surface area contributed by atoms with Crippen molar-refractivity contribution in [2.75, 3.05) is 19.1 Å². The van der Waals surface area contributed by atoms with Gasteiger partial charge in [0.05, 0.1) is 13.5 Å². The molecule has 1 aromatic rings. The zero-order chi connectivity index (χ0) is 13.9. The number of anilines is 1. The highest BCUT2D eigenvalue weighted by Gasteiger charge is 2.16. The molecule has 0 bridgehead atoms. The summed E-state index contributed by atoms with van der Waals surface area (Å²) in [5, 5.41) is 0. The second-order valence-electron chi connectivity index (χ2n) is 4.44. The molecule has 0 N–H and O–H groups in total. The Kier molecular flexibility index (Phi) is 4.48. The molecule has 4 nitrogen and oxygen atoms in total. The zero-order valence-electron chi connectivity index (χ0n) is 11.5. The Bertz CT molecular complexity index is 480. The topological polar surface area (TPSA) is 46.6 Å². The van der Waals surface area contributed by atoms with Crippen LogP contribution in [0.1, 0.15) is 24.5 Å². The van der Waals surface area contributed by atoms with Gasteiger partial charge >= 0.3 is 0 Å². The lowest BCUT2D eigenvalue weighted by molar-refractivity contribution is -0.125. The Balaban J connectivity index is 3.06. The molecule has 4 heteroatoms. The van der Waals surface area contributed by atoms with Gasteiger partial charge in [0.25, 0.3) is 0 Å². The van der Waals surface area contributed by atoms with Crippen LogP contribution < -0.4 is 9.64 Å². The van der Waals surface area contributed by atoms with Crippen molar-refractivity contribution < 1.29 is 14.3 Å². The molecule has 1 rings (SSSR count). The first-order chi connectivity index (χ1) is 8.36. The Morgan fingerprint density at radius 2 is 1.83 bits per heavy atom. The van der Waals surface area contributed by atoms with E-state index in [1.807, 2.05) is 26.0 Å². The number of carbonyl (C=O) groups excluding carboxylic acids is 2. The van der Waals surface area contributed by atoms with Crippen LogP contribution in [-0.4, -0.2) is 25.8 Å². The van der Waals surface area contributed by atoms with Crippen LogP contribution in [0.15, 0.2) is 12.1 Å². The monoisotopic (exact) mass is 249 g/mol. The number of methoxy groups -OCH3 is 1. The molecule has 0 radical (unpaired) electrons. The van der Waals surface area contributed by atoms with E-state index in [1.54, 1.807) is 14.2 Å². The number of ketones is 1. The van der Waals surface area contributed by atoms with Gasteiger partial charge in [-0.05, 0) is 44.0 Å². The molecule has 1 aromatic carbocycles. The summed E-state index contributed by atoms with van der Waals surface area (Å²) >= 11 is 0. The zero-order valence-corrected chi connectivity index (χ0v) is 11.5. The first kappa shape index (κ1) is 14.2. The summed E-state index contributed by atoms with van der Waals surface area (Å²) in [5.74, 6) is 0.466. The van der Waals surface area contributed by atoms with Gasteiger partial charge in [-0.1, -0.05) is 0 Å². The lowest BCUT2D eigenvalue weighted by atomic mass is 10.1. The maximum absolute atomic E-state index is 11.8. The van der Waals surface area contributed by atoms with Crippen LogP contribution in [0, 0.1) is 13.8 Å². The molecule has 0 spiro atoms. The third-order valence-corrected chi connectivity index (χ3v) is 2.85. The molecule has 0 unspecified atom stereocenters. The average molecular weight is 249 g/mol. The minimum atomic E-state index is -0.199. The van der Waals surface area contributed by atoms with Crippen molar-refractivity contribution in [2.45, 2.75) is 27.2 Å². The highest BCUT2D eigenvalue weighted by atomic mass is 16.5. The molecule has 0 aromatic heterocycles. The van der Waals surface area contributed by atoms with E-state index in [0.29, 0.717) is 0 Å². The highest BCUT2D eigenvalue weighted by molar-refractivity contribution is 6.05. The first-order valence-electron chi connectivity index (χ1n) is 5.78. The molecule has 98 valence electrons. The fourth-order valence-electron chi connectivity index (χ4n) is 1.82. The molecule has 0 atom stereocenters. The van der Waals surface area contributed by atoms with Gasteiger partial charge in [-0.25, -0.2) is 0 Å². The average Bonchev–Trinajstić information content (AvgIpc) is 2.29. The lowest BCUT2D eigenvalue weighted by Crippen LogP contribution is -2.28. The molecular formula is C14H19NO3. The summed E-state index contributed by atoms with van der Waals surface area (Å²) in [5.41, 5.74) is 2.71. The summed E-state index contributed by atoms with van der Waals surface area (Å²) in [6, 6.07) is 3.79. The fourth-order valence-corrected chi connectivity index (χ4v) is 1.82. The van der Waals surface area contributed by atoms with Gasteiger partial charge in [0.15, 0.2) is 0 Å². The van der Waals surface area contributed by atoms with Crippen LogP contribution >= 0.6 is 0 Å². The summed E-state index contributed by atoms with van der Waals surface area (Å²) < 4.78 is 5.23. The third kappa shape index (κ3) is 3.09. The lowest BCUT2D eigenvalue weighted by Gasteiger charge is -2.20. The molecule has 0 heterocycles. The summed E-state index contributed by atoms with van der Waals surface area (Å²) in [6.45, 7) is 5.25. The van der Waals surface area contributed by atoms with E-state index in [-0.39, 0.29) is 18.1 Å². The number of carbonyl (C=O) groups is 2. The molecule has 0 aliphatic rings. The Hall–Kier alpha value is -1.84. The SMILES string of the molecule is COc1cc(C)c(N(C)C(=O)CC(C)=O)cc1C. The van der Waals surface area contributed by atoms with Crippen molar-refractivity contribution >= 4 is 17.4 Å². The Morgan fingerprint density at radius 1 is 1.22 bits per heavy atom. The maximum atomic E-state index is 11.8. The van der Waals surface area contributed by atoms with Crippen molar-refractivity contribution in [3.8, 4) is 5.75 Å². The van der Waals surface area contributed by atoms with Crippen molar-refractivity contribution in [2.24, 2.45) is 0 Å². The molecule has 0 fully saturated rings. The van der Waals surface area contributed by atoms with Crippen LogP contribution in [0.5, 0.6) is 5.75 Å². The van der Waals surface area contributed by atoms with Crippen LogP contribution in [-0.2, 0) is 9.59 Å². The fraction of sp³-hybridized carbons (Fsp3) is 0.429. The largest absolute Gasteiger partial charge is 0.496 e. The minimum Gasteiger partial charge on any atom is -0.496 e. The van der Waals surface area contributed by atoms with Crippen LogP contribution in [0.3, 0.4) is 0 Å². The first-order valence-corrected chi connectivity index (χ1v) is 5.78. The highest BCUT2D eigenvalue weighted by Crippen LogP contribution is 2.28. The number of hydrogen-bond acceptors (Lipinski definition) is 3. The molecule has 0 saturated carbocycles. The summed E-state index contributed by atoms with van der Waals surface area (Å²) in [7, 11) is 3.30. The summed E-state index contributed by atoms with van der Waals surface area (Å²) in [4.78, 5) is 24.3. The van der Waals surface area contributed by atoms with Crippen LogP contribution in [0.4, 0.5) is 5.69 Å². The maximum Gasteiger partial charge on any atom is 0.234 e. The van der Waals surface area contributed by atoms with Crippen molar-refractivity contribution in [3.05, 3.63) is 23.3 Å². The number of Topliss-reactive ketones (excluding diaryl/α,β-unsaturated/α-hetero) is 1. The molecule has 0 aliphatic heterocycles. The quantitative estimate of drug-likeness (QED) is 0.769. The molecule has 1 amide bonds. The smallest absolute Gasteiger partial charge is 0.234 e. The van der Waals surface area contributed by atoms with Crippen molar-refractivity contribution in [1.82, 2.24) is 0 Å². The number of ether oxygens (including phenoxy) is 1. The van der Waals surface area contributed by atoms with Gasteiger partial charge in [0.2, 0.25) is 5.91 Å². The minimum absolute atomic E-state index is 0.0684. The van der Waals surface area contributed by atoms with Crippen molar-refractivity contribution in [1.29, 1.82) is 0 Å². The molecule has 0 aliphatic carbocycles. The predicted molar refractivity (Wildman–Crippen MR) is 71.2 cm³/mol. The number of amides is 1. The van der Waals surface area contributed by atoms with Crippen molar-refractivity contribution in [3.63, 3.8) is 0 Å². The van der Waals surface area contributed by atoms with Crippen LogP contribution in [0.25, 0.3) is 0 Å². The van der Waals surface area contributed by atoms with E-state index in [0.717, 1.165) is 22.6 Å². The normalized spacial score (nSPS) is 10.1. The van der Waals surface area contributed by atoms with Crippen LogP contribution in [0.2, 0.25) is 0 Å². The van der Waals surface area contributed by atoms with Gasteiger partial charge in [-0.15, -0.1) is 0 Å². The standard InChI is InChI=1S/C14H19NO3/c1-9-7-13(18-5)10(2)6-12(9)15(4)14(17)8-11(3)16/h6-7H,8H2,1-5H3. The number of nitrogens with zero attached hydrogens (tertiary/aromatic N) is 1. The van der Waals surface area contributed by atoms with Gasteiger partial charge < -0.3 is 9.64 Å². The summed E-state index contributed by atoms with van der Waals surface area (Å²) in [6.07, 6.45) is -0.0684. The molecule has 18 heavy (non-hydrogen) atoms. The second kappa shape index (κ2) is 5.67. The second-order valence-corrected chi connectivity index (χ2v) is 4.44. The van der Waals surface area contributed by atoms with E-state index in [9.17, 15) is 9.59 Å². The Labute approximate surface area is 108 Å². The van der Waals surface area contributed by atoms with Gasteiger partial charge in [-0.3, -0.25) is 9.59 Å². The number of hydrogen-bond donors (Lipinski definition) is 0. The van der Waals surface area contributed by atoms with E-state index in [2.05, 4.69) is 0 Å². The number of aryl methyl sites for hydroxylation is 2. The van der Waals surface area contributed by atoms with E-state index in [1.165, 1.54) is 11.8 Å². The predicted octanol–water partition coefficient (Wildman–Crippen LogP) is 2.25. The third-order valence-electron chi connectivity index (χ3n) is 2.85. The van der Waals surface area contributed by atoms with Gasteiger partial charge in [-0.2, -0.15) is 0 Å². The molecule has 0 saturated heterocycles. The number of rotatable bonds is 4. The van der Waals surface area contributed by atoms with E-state index in [4.69, 9.17) is 4.74 Å². The Morgan fingerprint density at radius 3 is 2.33 bits per heavy atom. The van der Waals surface area contributed by atoms with E-state index < -0.39 is 0 Å². The van der Waals surface area contributed by atoms with E-state index >= 15 is 0 Å². The van der Waals surface area contributed by atoms with Gasteiger partial charge in [0, 0.05) is 12.7 Å². The number of benzene rings is 1.